The summed E-state index contributed by atoms with van der Waals surface area (Å²) in [5.41, 5.74) is 0.610. The lowest BCUT2D eigenvalue weighted by atomic mass is 9.72. The molecule has 0 saturated heterocycles. The second kappa shape index (κ2) is 6.55. The van der Waals surface area contributed by atoms with Crippen LogP contribution in [0, 0.1) is 5.82 Å². The first kappa shape index (κ1) is 15.3. The van der Waals surface area contributed by atoms with Crippen molar-refractivity contribution in [1.29, 1.82) is 0 Å². The van der Waals surface area contributed by atoms with Gasteiger partial charge in [-0.15, -0.1) is 0 Å². The normalized spacial score (nSPS) is 18.4. The number of ether oxygens (including phenoxy) is 2. The Morgan fingerprint density at radius 2 is 2.10 bits per heavy atom. The van der Waals surface area contributed by atoms with E-state index < -0.39 is 0 Å². The highest BCUT2D eigenvalue weighted by molar-refractivity contribution is 5.38. The maximum Gasteiger partial charge on any atom is 0.123 e. The number of rotatable bonds is 7. The van der Waals surface area contributed by atoms with Gasteiger partial charge in [0.1, 0.15) is 11.6 Å². The molecule has 3 nitrogen and oxygen atoms in total. The Labute approximate surface area is 120 Å². The van der Waals surface area contributed by atoms with Crippen molar-refractivity contribution >= 4 is 0 Å². The van der Waals surface area contributed by atoms with E-state index in [0.29, 0.717) is 5.75 Å². The third kappa shape index (κ3) is 2.81. The lowest BCUT2D eigenvalue weighted by Crippen LogP contribution is -2.50. The van der Waals surface area contributed by atoms with Crippen LogP contribution in [0.15, 0.2) is 18.2 Å². The van der Waals surface area contributed by atoms with Crippen LogP contribution >= 0.6 is 0 Å². The lowest BCUT2D eigenvalue weighted by molar-refractivity contribution is -0.100. The molecule has 1 aliphatic carbocycles. The highest BCUT2D eigenvalue weighted by Crippen LogP contribution is 2.46. The Bertz CT molecular complexity index is 441. The van der Waals surface area contributed by atoms with Crippen molar-refractivity contribution in [2.75, 3.05) is 20.8 Å². The van der Waals surface area contributed by atoms with Gasteiger partial charge in [0.15, 0.2) is 0 Å². The van der Waals surface area contributed by atoms with Crippen molar-refractivity contribution in [2.24, 2.45) is 0 Å². The molecule has 0 aliphatic heterocycles. The smallest absolute Gasteiger partial charge is 0.123 e. The van der Waals surface area contributed by atoms with Crippen LogP contribution in [0.4, 0.5) is 4.39 Å². The minimum absolute atomic E-state index is 0.0353. The molecule has 1 aromatic carbocycles. The fourth-order valence-electron chi connectivity index (χ4n) is 2.93. The Kier molecular flexibility index (Phi) is 5.00. The van der Waals surface area contributed by atoms with E-state index in [4.69, 9.17) is 9.47 Å². The third-order valence-corrected chi connectivity index (χ3v) is 4.23. The molecule has 2 rings (SSSR count). The number of hydrogen-bond acceptors (Lipinski definition) is 3. The minimum Gasteiger partial charge on any atom is -0.496 e. The number of nitrogens with one attached hydrogen (secondary N) is 1. The molecular weight excluding hydrogens is 257 g/mol. The standard InChI is InChI=1S/C16H24FNO2/c1-4-10-18-15(16(20-3)8-5-9-16)13-11-12(17)6-7-14(13)19-2/h6-7,11,15,18H,4-5,8-10H2,1-3H3. The molecule has 0 spiro atoms. The van der Waals surface area contributed by atoms with Gasteiger partial charge in [0.2, 0.25) is 0 Å². The number of benzene rings is 1. The molecule has 0 heterocycles. The van der Waals surface area contributed by atoms with Crippen LogP contribution in [-0.2, 0) is 4.74 Å². The van der Waals surface area contributed by atoms with Gasteiger partial charge >= 0.3 is 0 Å². The average Bonchev–Trinajstić information content (AvgIpc) is 2.41. The van der Waals surface area contributed by atoms with E-state index in [2.05, 4.69) is 12.2 Å². The summed E-state index contributed by atoms with van der Waals surface area (Å²) in [5.74, 6) is 0.470. The molecule has 4 heteroatoms. The van der Waals surface area contributed by atoms with Gasteiger partial charge in [-0.2, -0.15) is 0 Å². The molecule has 1 N–H and O–H groups in total. The molecule has 1 unspecified atom stereocenters. The largest absolute Gasteiger partial charge is 0.496 e. The molecule has 0 aromatic heterocycles. The van der Waals surface area contributed by atoms with E-state index in [1.54, 1.807) is 26.4 Å². The zero-order valence-corrected chi connectivity index (χ0v) is 12.5. The van der Waals surface area contributed by atoms with E-state index in [-0.39, 0.29) is 17.5 Å². The number of methoxy groups -OCH3 is 2. The van der Waals surface area contributed by atoms with Gasteiger partial charge in [0, 0.05) is 12.7 Å². The Morgan fingerprint density at radius 1 is 1.35 bits per heavy atom. The molecule has 0 radical (unpaired) electrons. The summed E-state index contributed by atoms with van der Waals surface area (Å²) in [4.78, 5) is 0. The van der Waals surface area contributed by atoms with E-state index >= 15 is 0 Å². The Hall–Kier alpha value is -1.13. The monoisotopic (exact) mass is 281 g/mol. The number of hydrogen-bond donors (Lipinski definition) is 1. The van der Waals surface area contributed by atoms with Crippen molar-refractivity contribution in [3.8, 4) is 5.75 Å². The van der Waals surface area contributed by atoms with Crippen LogP contribution in [0.5, 0.6) is 5.75 Å². The van der Waals surface area contributed by atoms with Crippen molar-refractivity contribution in [1.82, 2.24) is 5.32 Å². The first-order valence-electron chi connectivity index (χ1n) is 7.29. The number of halogens is 1. The van der Waals surface area contributed by atoms with Crippen molar-refractivity contribution < 1.29 is 13.9 Å². The first-order chi connectivity index (χ1) is 9.66. The van der Waals surface area contributed by atoms with Gasteiger partial charge in [-0.05, 0) is 50.4 Å². The summed E-state index contributed by atoms with van der Waals surface area (Å²) >= 11 is 0. The van der Waals surface area contributed by atoms with Gasteiger partial charge in [-0.25, -0.2) is 4.39 Å². The van der Waals surface area contributed by atoms with Crippen LogP contribution in [0.1, 0.15) is 44.2 Å². The van der Waals surface area contributed by atoms with Crippen LogP contribution in [-0.4, -0.2) is 26.4 Å². The zero-order chi connectivity index (χ0) is 14.6. The summed E-state index contributed by atoms with van der Waals surface area (Å²) in [7, 11) is 3.36. The predicted molar refractivity (Wildman–Crippen MR) is 77.6 cm³/mol. The van der Waals surface area contributed by atoms with E-state index in [9.17, 15) is 4.39 Å². The molecule has 1 aromatic rings. The maximum atomic E-state index is 13.7. The third-order valence-electron chi connectivity index (χ3n) is 4.23. The van der Waals surface area contributed by atoms with Crippen molar-refractivity contribution in [3.05, 3.63) is 29.6 Å². The van der Waals surface area contributed by atoms with E-state index in [1.807, 2.05) is 0 Å². The van der Waals surface area contributed by atoms with Gasteiger partial charge in [0.05, 0.1) is 18.8 Å². The molecule has 112 valence electrons. The summed E-state index contributed by atoms with van der Waals surface area (Å²) in [5, 5.41) is 3.51. The lowest BCUT2D eigenvalue weighted by Gasteiger charge is -2.47. The fraction of sp³-hybridized carbons (Fsp3) is 0.625. The SMILES string of the molecule is CCCNC(c1cc(F)ccc1OC)C1(OC)CCC1. The van der Waals surface area contributed by atoms with Gasteiger partial charge in [-0.3, -0.25) is 0 Å². The van der Waals surface area contributed by atoms with Gasteiger partial charge in [-0.1, -0.05) is 6.92 Å². The predicted octanol–water partition coefficient (Wildman–Crippen LogP) is 3.44. The highest BCUT2D eigenvalue weighted by atomic mass is 19.1. The average molecular weight is 281 g/mol. The molecule has 20 heavy (non-hydrogen) atoms. The zero-order valence-electron chi connectivity index (χ0n) is 12.5. The molecule has 0 amide bonds. The summed E-state index contributed by atoms with van der Waals surface area (Å²) in [6.45, 7) is 2.99. The Balaban J connectivity index is 2.37. The van der Waals surface area contributed by atoms with Crippen LogP contribution in [0.2, 0.25) is 0 Å². The molecule has 1 aliphatic rings. The molecule has 1 atom stereocenters. The van der Waals surface area contributed by atoms with Crippen LogP contribution in [0.25, 0.3) is 0 Å². The maximum absolute atomic E-state index is 13.7. The van der Waals surface area contributed by atoms with E-state index in [0.717, 1.165) is 37.8 Å². The minimum atomic E-state index is -0.241. The second-order valence-electron chi connectivity index (χ2n) is 5.40. The highest BCUT2D eigenvalue weighted by Gasteiger charge is 2.46. The molecular formula is C16H24FNO2. The second-order valence-corrected chi connectivity index (χ2v) is 5.40. The summed E-state index contributed by atoms with van der Waals surface area (Å²) in [6.07, 6.45) is 4.15. The first-order valence-corrected chi connectivity index (χ1v) is 7.29. The molecule has 1 fully saturated rings. The summed E-state index contributed by atoms with van der Waals surface area (Å²) < 4.78 is 24.8. The molecule has 1 saturated carbocycles. The van der Waals surface area contributed by atoms with Crippen molar-refractivity contribution in [3.63, 3.8) is 0 Å². The fourth-order valence-corrected chi connectivity index (χ4v) is 2.93. The quantitative estimate of drug-likeness (QED) is 0.830. The Morgan fingerprint density at radius 3 is 2.60 bits per heavy atom. The van der Waals surface area contributed by atoms with Crippen LogP contribution in [0.3, 0.4) is 0 Å². The van der Waals surface area contributed by atoms with Crippen LogP contribution < -0.4 is 10.1 Å². The summed E-state index contributed by atoms with van der Waals surface area (Å²) in [6, 6.07) is 4.64. The van der Waals surface area contributed by atoms with E-state index in [1.165, 1.54) is 6.07 Å². The van der Waals surface area contributed by atoms with Gasteiger partial charge < -0.3 is 14.8 Å². The van der Waals surface area contributed by atoms with Crippen molar-refractivity contribution in [2.45, 2.75) is 44.2 Å². The topological polar surface area (TPSA) is 30.5 Å². The molecule has 0 bridgehead atoms. The van der Waals surface area contributed by atoms with Gasteiger partial charge in [0.25, 0.3) is 0 Å².